The van der Waals surface area contributed by atoms with Crippen molar-refractivity contribution in [3.8, 4) is 0 Å². The summed E-state index contributed by atoms with van der Waals surface area (Å²) < 4.78 is 62.8. The van der Waals surface area contributed by atoms with E-state index in [1.54, 1.807) is 0 Å². The fraction of sp³-hybridized carbons (Fsp3) is 0.455. The number of aliphatic hydroxyl groups is 2. The van der Waals surface area contributed by atoms with E-state index in [9.17, 15) is 26.7 Å². The van der Waals surface area contributed by atoms with Crippen LogP contribution in [0.5, 0.6) is 0 Å². The van der Waals surface area contributed by atoms with Crippen LogP contribution < -0.4 is 0 Å². The first-order valence-corrected chi connectivity index (χ1v) is 7.44. The SMILES string of the molecule is CN(CC(O)CO)S(=O)(=O)c1cc(C(F)(F)F)ccc1Cl. The van der Waals surface area contributed by atoms with Gasteiger partial charge in [0.15, 0.2) is 0 Å². The molecular weight excluding hydrogens is 335 g/mol. The maximum atomic E-state index is 12.6. The molecule has 0 saturated carbocycles. The first kappa shape index (κ1) is 18.2. The van der Waals surface area contributed by atoms with Crippen molar-refractivity contribution in [3.63, 3.8) is 0 Å². The standard InChI is InChI=1S/C11H13ClF3NO4S/c1-16(5-8(18)6-17)21(19,20)10-4-7(11(13,14)15)2-3-9(10)12/h2-4,8,17-18H,5-6H2,1H3. The summed E-state index contributed by atoms with van der Waals surface area (Å²) in [7, 11) is -3.27. The van der Waals surface area contributed by atoms with Crippen LogP contribution in [0, 0.1) is 0 Å². The van der Waals surface area contributed by atoms with Crippen LogP contribution in [0.3, 0.4) is 0 Å². The molecule has 0 aromatic heterocycles. The van der Waals surface area contributed by atoms with Crippen LogP contribution in [-0.2, 0) is 16.2 Å². The van der Waals surface area contributed by atoms with Crippen molar-refractivity contribution < 1.29 is 31.8 Å². The van der Waals surface area contributed by atoms with Gasteiger partial charge in [-0.1, -0.05) is 11.6 Å². The third-order valence-corrected chi connectivity index (χ3v) is 4.93. The molecule has 0 aliphatic heterocycles. The van der Waals surface area contributed by atoms with Crippen LogP contribution in [-0.4, -0.2) is 49.2 Å². The van der Waals surface area contributed by atoms with Crippen LogP contribution in [0.2, 0.25) is 5.02 Å². The van der Waals surface area contributed by atoms with Gasteiger partial charge in [-0.2, -0.15) is 17.5 Å². The van der Waals surface area contributed by atoms with E-state index < -0.39 is 45.9 Å². The van der Waals surface area contributed by atoms with Crippen molar-refractivity contribution in [2.24, 2.45) is 0 Å². The summed E-state index contributed by atoms with van der Waals surface area (Å²) in [6.45, 7) is -1.17. The number of aliphatic hydroxyl groups excluding tert-OH is 2. The molecule has 5 nitrogen and oxygen atoms in total. The maximum absolute atomic E-state index is 12.6. The zero-order chi connectivity index (χ0) is 16.4. The van der Waals surface area contributed by atoms with E-state index in [2.05, 4.69) is 0 Å². The molecular formula is C11H13ClF3NO4S. The second-order valence-electron chi connectivity index (χ2n) is 4.26. The smallest absolute Gasteiger partial charge is 0.394 e. The Bertz CT molecular complexity index is 606. The molecule has 10 heteroatoms. The van der Waals surface area contributed by atoms with Crippen LogP contribution >= 0.6 is 11.6 Å². The normalized spacial score (nSPS) is 14.5. The van der Waals surface area contributed by atoms with E-state index in [1.165, 1.54) is 0 Å². The van der Waals surface area contributed by atoms with Crippen molar-refractivity contribution in [2.75, 3.05) is 20.2 Å². The number of likely N-dealkylation sites (N-methyl/N-ethyl adjacent to an activating group) is 1. The molecule has 120 valence electrons. The molecule has 1 unspecified atom stereocenters. The minimum Gasteiger partial charge on any atom is -0.394 e. The summed E-state index contributed by atoms with van der Waals surface area (Å²) in [6.07, 6.45) is -6.06. The van der Waals surface area contributed by atoms with E-state index in [-0.39, 0.29) is 5.02 Å². The molecule has 0 aliphatic carbocycles. The zero-order valence-electron chi connectivity index (χ0n) is 10.8. The Morgan fingerprint density at radius 3 is 2.43 bits per heavy atom. The van der Waals surface area contributed by atoms with Crippen molar-refractivity contribution in [2.45, 2.75) is 17.2 Å². The number of halogens is 4. The van der Waals surface area contributed by atoms with Crippen LogP contribution in [0.4, 0.5) is 13.2 Å². The number of hydrogen-bond donors (Lipinski definition) is 2. The molecule has 0 bridgehead atoms. The highest BCUT2D eigenvalue weighted by atomic mass is 35.5. The summed E-state index contributed by atoms with van der Waals surface area (Å²) in [5.41, 5.74) is -1.15. The Hall–Kier alpha value is -0.870. The second-order valence-corrected chi connectivity index (χ2v) is 6.69. The Balaban J connectivity index is 3.25. The molecule has 1 aromatic carbocycles. The van der Waals surface area contributed by atoms with Gasteiger partial charge in [-0.25, -0.2) is 8.42 Å². The highest BCUT2D eigenvalue weighted by molar-refractivity contribution is 7.89. The molecule has 0 saturated heterocycles. The van der Waals surface area contributed by atoms with Gasteiger partial charge in [0, 0.05) is 13.6 Å². The molecule has 0 spiro atoms. The van der Waals surface area contributed by atoms with Gasteiger partial charge in [0.1, 0.15) is 4.90 Å². The summed E-state index contributed by atoms with van der Waals surface area (Å²) in [5, 5.41) is 17.5. The van der Waals surface area contributed by atoms with Gasteiger partial charge in [-0.3, -0.25) is 0 Å². The van der Waals surface area contributed by atoms with Gasteiger partial charge in [-0.15, -0.1) is 0 Å². The van der Waals surface area contributed by atoms with Gasteiger partial charge >= 0.3 is 6.18 Å². The average molecular weight is 348 g/mol. The fourth-order valence-corrected chi connectivity index (χ4v) is 3.20. The highest BCUT2D eigenvalue weighted by Gasteiger charge is 2.34. The second kappa shape index (κ2) is 6.49. The number of nitrogens with zero attached hydrogens (tertiary/aromatic N) is 1. The monoisotopic (exact) mass is 347 g/mol. The number of alkyl halides is 3. The zero-order valence-corrected chi connectivity index (χ0v) is 12.4. The molecule has 0 aliphatic rings. The summed E-state index contributed by atoms with van der Waals surface area (Å²) in [4.78, 5) is -0.716. The predicted octanol–water partition coefficient (Wildman–Crippen LogP) is 1.33. The van der Waals surface area contributed by atoms with E-state index in [0.717, 1.165) is 13.1 Å². The predicted molar refractivity (Wildman–Crippen MR) is 69.4 cm³/mol. The van der Waals surface area contributed by atoms with Crippen LogP contribution in [0.1, 0.15) is 5.56 Å². The number of rotatable bonds is 5. The van der Waals surface area contributed by atoms with Crippen molar-refractivity contribution >= 4 is 21.6 Å². The van der Waals surface area contributed by atoms with Crippen LogP contribution in [0.15, 0.2) is 23.1 Å². The van der Waals surface area contributed by atoms with Crippen LogP contribution in [0.25, 0.3) is 0 Å². The molecule has 0 fully saturated rings. The molecule has 2 N–H and O–H groups in total. The van der Waals surface area contributed by atoms with E-state index in [0.29, 0.717) is 16.4 Å². The molecule has 0 heterocycles. The minimum absolute atomic E-state index is 0.367. The lowest BCUT2D eigenvalue weighted by atomic mass is 10.2. The van der Waals surface area contributed by atoms with E-state index in [1.807, 2.05) is 0 Å². The van der Waals surface area contributed by atoms with Gasteiger partial charge in [0.25, 0.3) is 0 Å². The molecule has 1 atom stereocenters. The van der Waals surface area contributed by atoms with Crippen molar-refractivity contribution in [3.05, 3.63) is 28.8 Å². The van der Waals surface area contributed by atoms with Crippen molar-refractivity contribution in [1.82, 2.24) is 4.31 Å². The first-order chi connectivity index (χ1) is 9.50. The highest BCUT2D eigenvalue weighted by Crippen LogP contribution is 2.34. The largest absolute Gasteiger partial charge is 0.416 e. The third-order valence-electron chi connectivity index (χ3n) is 2.63. The minimum atomic E-state index is -4.71. The molecule has 0 radical (unpaired) electrons. The van der Waals surface area contributed by atoms with Crippen molar-refractivity contribution in [1.29, 1.82) is 0 Å². The Kier molecular flexibility index (Phi) is 5.62. The number of benzene rings is 1. The Morgan fingerprint density at radius 1 is 1.38 bits per heavy atom. The van der Waals surface area contributed by atoms with Gasteiger partial charge in [0.2, 0.25) is 10.0 Å². The number of hydrogen-bond acceptors (Lipinski definition) is 4. The lowest BCUT2D eigenvalue weighted by Gasteiger charge is -2.20. The molecule has 1 aromatic rings. The molecule has 0 amide bonds. The summed E-state index contributed by atoms with van der Waals surface area (Å²) in [6, 6.07) is 1.94. The third kappa shape index (κ3) is 4.30. The van der Waals surface area contributed by atoms with E-state index >= 15 is 0 Å². The first-order valence-electron chi connectivity index (χ1n) is 5.62. The quantitative estimate of drug-likeness (QED) is 0.842. The molecule has 21 heavy (non-hydrogen) atoms. The Labute approximate surface area is 124 Å². The Morgan fingerprint density at radius 2 is 1.95 bits per heavy atom. The number of sulfonamides is 1. The van der Waals surface area contributed by atoms with Gasteiger partial charge < -0.3 is 10.2 Å². The lowest BCUT2D eigenvalue weighted by Crippen LogP contribution is -2.36. The fourth-order valence-electron chi connectivity index (χ4n) is 1.50. The van der Waals surface area contributed by atoms with E-state index in [4.69, 9.17) is 16.7 Å². The topological polar surface area (TPSA) is 77.8 Å². The van der Waals surface area contributed by atoms with Gasteiger partial charge in [0.05, 0.1) is 23.3 Å². The van der Waals surface area contributed by atoms with Gasteiger partial charge in [-0.05, 0) is 18.2 Å². The lowest BCUT2D eigenvalue weighted by molar-refractivity contribution is -0.137. The molecule has 1 rings (SSSR count). The maximum Gasteiger partial charge on any atom is 0.416 e. The average Bonchev–Trinajstić information content (AvgIpc) is 2.37. The summed E-state index contributed by atoms with van der Waals surface area (Å²) in [5.74, 6) is 0. The summed E-state index contributed by atoms with van der Waals surface area (Å²) >= 11 is 5.66.